The molecular formula is C15H15F3O3. The molecule has 0 saturated heterocycles. The second-order valence-electron chi connectivity index (χ2n) is 4.78. The van der Waals surface area contributed by atoms with Crippen LogP contribution >= 0.6 is 0 Å². The number of rotatable bonds is 2. The lowest BCUT2D eigenvalue weighted by Gasteiger charge is -2.14. The summed E-state index contributed by atoms with van der Waals surface area (Å²) in [5, 5.41) is 9.25. The number of hydrogen-bond acceptors (Lipinski definition) is 2. The highest BCUT2D eigenvalue weighted by Gasteiger charge is 2.32. The first-order valence-corrected chi connectivity index (χ1v) is 6.64. The molecule has 0 spiro atoms. The Kier molecular flexibility index (Phi) is 4.25. The lowest BCUT2D eigenvalue weighted by Crippen LogP contribution is -2.07. The van der Waals surface area contributed by atoms with Crippen LogP contribution in [0.2, 0.25) is 0 Å². The van der Waals surface area contributed by atoms with E-state index in [4.69, 9.17) is 4.74 Å². The summed E-state index contributed by atoms with van der Waals surface area (Å²) in [6.07, 6.45) is -3.09. The molecule has 0 saturated carbocycles. The molecule has 21 heavy (non-hydrogen) atoms. The third-order valence-corrected chi connectivity index (χ3v) is 3.44. The summed E-state index contributed by atoms with van der Waals surface area (Å²) in [5.74, 6) is -0.940. The molecule has 0 radical (unpaired) electrons. The van der Waals surface area contributed by atoms with Crippen LogP contribution in [0, 0.1) is 0 Å². The Hall–Kier alpha value is -1.98. The summed E-state index contributed by atoms with van der Waals surface area (Å²) in [5.41, 5.74) is 0.434. The van der Waals surface area contributed by atoms with Crippen LogP contribution in [0.15, 0.2) is 23.8 Å². The van der Waals surface area contributed by atoms with E-state index in [0.717, 1.165) is 12.1 Å². The Bertz CT molecular complexity index is 588. The van der Waals surface area contributed by atoms with Gasteiger partial charge in [-0.2, -0.15) is 13.2 Å². The van der Waals surface area contributed by atoms with Crippen molar-refractivity contribution in [2.24, 2.45) is 0 Å². The first-order chi connectivity index (χ1) is 9.84. The Labute approximate surface area is 120 Å². The van der Waals surface area contributed by atoms with Crippen molar-refractivity contribution in [3.05, 3.63) is 34.9 Å². The number of hydrogen-bond donors (Lipinski definition) is 1. The second kappa shape index (κ2) is 5.79. The topological polar surface area (TPSA) is 46.5 Å². The van der Waals surface area contributed by atoms with Gasteiger partial charge in [0.25, 0.3) is 0 Å². The number of benzene rings is 1. The molecule has 1 aliphatic heterocycles. The van der Waals surface area contributed by atoms with Gasteiger partial charge in [0.2, 0.25) is 0 Å². The minimum atomic E-state index is -4.45. The normalized spacial score (nSPS) is 17.5. The van der Waals surface area contributed by atoms with Crippen molar-refractivity contribution in [2.75, 3.05) is 6.61 Å². The van der Waals surface area contributed by atoms with Crippen LogP contribution in [0.5, 0.6) is 5.75 Å². The molecule has 0 bridgehead atoms. The Morgan fingerprint density at radius 2 is 2.10 bits per heavy atom. The van der Waals surface area contributed by atoms with E-state index in [1.54, 1.807) is 6.92 Å². The van der Waals surface area contributed by atoms with Gasteiger partial charge >= 0.3 is 12.1 Å². The third kappa shape index (κ3) is 3.20. The first kappa shape index (κ1) is 15.4. The van der Waals surface area contributed by atoms with Crippen molar-refractivity contribution in [3.8, 4) is 5.75 Å². The van der Waals surface area contributed by atoms with Gasteiger partial charge in [-0.1, -0.05) is 13.0 Å². The molecule has 1 aromatic carbocycles. The van der Waals surface area contributed by atoms with Crippen molar-refractivity contribution in [1.82, 2.24) is 0 Å². The zero-order valence-corrected chi connectivity index (χ0v) is 11.5. The van der Waals surface area contributed by atoms with Gasteiger partial charge in [-0.05, 0) is 37.0 Å². The largest absolute Gasteiger partial charge is 0.493 e. The quantitative estimate of drug-likeness (QED) is 0.835. The molecule has 114 valence electrons. The van der Waals surface area contributed by atoms with Gasteiger partial charge in [-0.15, -0.1) is 0 Å². The molecule has 0 unspecified atom stereocenters. The maximum atomic E-state index is 12.7. The molecule has 1 aromatic rings. The number of halogens is 3. The molecule has 0 fully saturated rings. The van der Waals surface area contributed by atoms with E-state index in [1.807, 2.05) is 0 Å². The molecule has 1 N–H and O–H groups in total. The number of fused-ring (bicyclic) bond motifs is 1. The molecule has 3 nitrogen and oxygen atoms in total. The summed E-state index contributed by atoms with van der Waals surface area (Å²) in [6, 6.07) is 3.20. The van der Waals surface area contributed by atoms with E-state index in [0.29, 0.717) is 30.4 Å². The average molecular weight is 300 g/mol. The molecule has 1 aliphatic rings. The van der Waals surface area contributed by atoms with Crippen molar-refractivity contribution >= 4 is 11.5 Å². The van der Waals surface area contributed by atoms with E-state index in [1.165, 1.54) is 6.07 Å². The molecule has 2 rings (SSSR count). The third-order valence-electron chi connectivity index (χ3n) is 3.44. The Balaban J connectivity index is 2.60. The van der Waals surface area contributed by atoms with Gasteiger partial charge in [0.1, 0.15) is 5.75 Å². The highest BCUT2D eigenvalue weighted by atomic mass is 19.4. The van der Waals surface area contributed by atoms with Crippen LogP contribution in [-0.4, -0.2) is 17.7 Å². The van der Waals surface area contributed by atoms with Crippen LogP contribution in [0.3, 0.4) is 0 Å². The SMILES string of the molecule is CC/C(C(=O)O)=C1\CCCOc2cc(C(F)(F)F)ccc21. The van der Waals surface area contributed by atoms with Crippen molar-refractivity contribution in [3.63, 3.8) is 0 Å². The number of aliphatic carboxylic acids is 1. The van der Waals surface area contributed by atoms with Gasteiger partial charge in [0.05, 0.1) is 12.2 Å². The van der Waals surface area contributed by atoms with Gasteiger partial charge in [0.15, 0.2) is 0 Å². The minimum absolute atomic E-state index is 0.101. The second-order valence-corrected chi connectivity index (χ2v) is 4.78. The van der Waals surface area contributed by atoms with E-state index in [2.05, 4.69) is 0 Å². The van der Waals surface area contributed by atoms with Crippen LogP contribution in [0.1, 0.15) is 37.3 Å². The fraction of sp³-hybridized carbons (Fsp3) is 0.400. The van der Waals surface area contributed by atoms with Crippen molar-refractivity contribution in [2.45, 2.75) is 32.4 Å². The van der Waals surface area contributed by atoms with Crippen LogP contribution in [0.4, 0.5) is 13.2 Å². The van der Waals surface area contributed by atoms with Gasteiger partial charge < -0.3 is 9.84 Å². The number of carboxylic acids is 1. The van der Waals surface area contributed by atoms with Crippen LogP contribution < -0.4 is 4.74 Å². The lowest BCUT2D eigenvalue weighted by atomic mass is 9.93. The highest BCUT2D eigenvalue weighted by Crippen LogP contribution is 2.39. The number of allylic oxidation sites excluding steroid dienone is 1. The zero-order valence-electron chi connectivity index (χ0n) is 11.5. The fourth-order valence-corrected chi connectivity index (χ4v) is 2.44. The Morgan fingerprint density at radius 3 is 2.67 bits per heavy atom. The van der Waals surface area contributed by atoms with E-state index < -0.39 is 17.7 Å². The van der Waals surface area contributed by atoms with E-state index in [9.17, 15) is 23.1 Å². The smallest absolute Gasteiger partial charge is 0.416 e. The number of alkyl halides is 3. The number of carbonyl (C=O) groups is 1. The molecule has 0 amide bonds. The first-order valence-electron chi connectivity index (χ1n) is 6.64. The average Bonchev–Trinajstić information content (AvgIpc) is 2.60. The highest BCUT2D eigenvalue weighted by molar-refractivity contribution is 5.97. The van der Waals surface area contributed by atoms with Gasteiger partial charge in [0, 0.05) is 11.1 Å². The summed E-state index contributed by atoms with van der Waals surface area (Å²) in [6.45, 7) is 1.99. The van der Waals surface area contributed by atoms with E-state index >= 15 is 0 Å². The number of carboxylic acid groups (broad SMARTS) is 1. The maximum Gasteiger partial charge on any atom is 0.416 e. The van der Waals surface area contributed by atoms with Crippen molar-refractivity contribution < 1.29 is 27.8 Å². The van der Waals surface area contributed by atoms with E-state index in [-0.39, 0.29) is 17.9 Å². The monoisotopic (exact) mass is 300 g/mol. The molecule has 6 heteroatoms. The molecule has 1 heterocycles. The summed E-state index contributed by atoms with van der Waals surface area (Å²) >= 11 is 0. The maximum absolute atomic E-state index is 12.7. The zero-order chi connectivity index (χ0) is 15.6. The molecule has 0 aromatic heterocycles. The fourth-order valence-electron chi connectivity index (χ4n) is 2.44. The molecular weight excluding hydrogens is 285 g/mol. The van der Waals surface area contributed by atoms with Crippen LogP contribution in [-0.2, 0) is 11.0 Å². The van der Waals surface area contributed by atoms with Gasteiger partial charge in [-0.3, -0.25) is 0 Å². The van der Waals surface area contributed by atoms with Gasteiger partial charge in [-0.25, -0.2) is 4.79 Å². The summed E-state index contributed by atoms with van der Waals surface area (Å²) in [7, 11) is 0. The van der Waals surface area contributed by atoms with Crippen molar-refractivity contribution in [1.29, 1.82) is 0 Å². The minimum Gasteiger partial charge on any atom is -0.493 e. The molecule has 0 atom stereocenters. The predicted octanol–water partition coefficient (Wildman–Crippen LogP) is 4.13. The molecule has 0 aliphatic carbocycles. The standard InChI is InChI=1S/C15H15F3O3/c1-2-10(14(19)20)11-4-3-7-21-13-8-9(15(16,17)18)5-6-12(11)13/h5-6,8H,2-4,7H2,1H3,(H,19,20)/b11-10-. The summed E-state index contributed by atoms with van der Waals surface area (Å²) < 4.78 is 43.6. The van der Waals surface area contributed by atoms with Crippen LogP contribution in [0.25, 0.3) is 5.57 Å². The summed E-state index contributed by atoms with van der Waals surface area (Å²) in [4.78, 5) is 11.3. The predicted molar refractivity (Wildman–Crippen MR) is 71.0 cm³/mol. The number of ether oxygens (including phenoxy) is 1. The Morgan fingerprint density at radius 1 is 1.38 bits per heavy atom. The lowest BCUT2D eigenvalue weighted by molar-refractivity contribution is -0.137.